The Labute approximate surface area is 362 Å². The molecule has 1 unspecified atom stereocenters. The molecule has 1 amide bonds. The number of rotatable bonds is 11. The Hall–Kier alpha value is -4.65. The van der Waals surface area contributed by atoms with Crippen LogP contribution in [-0.4, -0.2) is 66.1 Å². The molecule has 0 saturated heterocycles. The van der Waals surface area contributed by atoms with E-state index in [0.717, 1.165) is 31.2 Å². The van der Waals surface area contributed by atoms with Gasteiger partial charge in [0.1, 0.15) is 36.1 Å². The van der Waals surface area contributed by atoms with Gasteiger partial charge in [-0.1, -0.05) is 42.5 Å². The van der Waals surface area contributed by atoms with Crippen LogP contribution in [0.1, 0.15) is 73.1 Å². The highest BCUT2D eigenvalue weighted by atomic mass is 35.5. The number of amides is 1. The van der Waals surface area contributed by atoms with Crippen LogP contribution in [0.3, 0.4) is 0 Å². The van der Waals surface area contributed by atoms with Crippen LogP contribution in [0.15, 0.2) is 42.5 Å². The molecule has 0 bridgehead atoms. The summed E-state index contributed by atoms with van der Waals surface area (Å²) in [6.07, 6.45) is -7.91. The first-order valence-corrected chi connectivity index (χ1v) is 21.1. The van der Waals surface area contributed by atoms with Crippen molar-refractivity contribution in [3.05, 3.63) is 93.0 Å². The normalized spacial score (nSPS) is 15.4. The zero-order chi connectivity index (χ0) is 46.1. The third kappa shape index (κ3) is 10.7. The number of pyridine rings is 1. The van der Waals surface area contributed by atoms with Gasteiger partial charge in [0, 0.05) is 42.5 Å². The Kier molecular flexibility index (Phi) is 14.5. The molecule has 9 nitrogen and oxygen atoms in total. The lowest BCUT2D eigenvalue weighted by Crippen LogP contribution is -2.35. The van der Waals surface area contributed by atoms with Gasteiger partial charge in [-0.2, -0.15) is 45.3 Å². The van der Waals surface area contributed by atoms with Gasteiger partial charge in [-0.15, -0.1) is 11.8 Å². The predicted molar refractivity (Wildman–Crippen MR) is 219 cm³/mol. The minimum atomic E-state index is -5.14. The van der Waals surface area contributed by atoms with E-state index in [1.165, 1.54) is 43.0 Å². The molecule has 2 aromatic carbocycles. The average Bonchev–Trinajstić information content (AvgIpc) is 3.80. The van der Waals surface area contributed by atoms with Crippen molar-refractivity contribution >= 4 is 57.9 Å². The quantitative estimate of drug-likeness (QED) is 0.0683. The number of carbonyl (C=O) groups excluding carboxylic acids is 1. The molecule has 0 aliphatic heterocycles. The number of hydrogen-bond donors (Lipinski definition) is 3. The van der Waals surface area contributed by atoms with E-state index in [0.29, 0.717) is 10.7 Å². The van der Waals surface area contributed by atoms with Gasteiger partial charge in [0.25, 0.3) is 5.92 Å². The van der Waals surface area contributed by atoms with E-state index in [-0.39, 0.29) is 54.5 Å². The molecule has 0 radical (unpaired) electrons. The zero-order valence-electron chi connectivity index (χ0n) is 33.6. The summed E-state index contributed by atoms with van der Waals surface area (Å²) in [4.78, 5) is 18.7. The second-order valence-electron chi connectivity index (χ2n) is 14.5. The molecule has 334 valence electrons. The molecule has 2 atom stereocenters. The van der Waals surface area contributed by atoms with Gasteiger partial charge < -0.3 is 15.1 Å². The highest BCUT2D eigenvalue weighted by Gasteiger charge is 2.53. The molecule has 5 aromatic rings. The SMILES string of the molecule is CO.CSNc1nn(CC(F)(F)F)c2c(-c3ccc(C#CC(C)(C)SC)nc3C(Cc3cc(F)cc(F)c3)NC(=O)Cn3nc(C(F)(F)F)c4c3C(F)(F)C[C@@H]4C)ccc(Cl)c12. The number of halogens is 11. The fourth-order valence-corrected chi connectivity index (χ4v) is 7.78. The fourth-order valence-electron chi connectivity index (χ4n) is 7.05. The summed E-state index contributed by atoms with van der Waals surface area (Å²) in [5, 5.41) is 17.2. The molecular formula is C40H38ClF10N7O2S2. The number of nitrogens with zero attached hydrogens (tertiary/aromatic N) is 5. The molecule has 1 aliphatic carbocycles. The van der Waals surface area contributed by atoms with E-state index in [9.17, 15) is 39.9 Å². The van der Waals surface area contributed by atoms with E-state index >= 15 is 8.78 Å². The number of fused-ring (bicyclic) bond motifs is 2. The Morgan fingerprint density at radius 3 is 2.24 bits per heavy atom. The third-order valence-corrected chi connectivity index (χ3v) is 11.4. The first-order chi connectivity index (χ1) is 28.9. The van der Waals surface area contributed by atoms with Crippen molar-refractivity contribution in [2.45, 2.75) is 81.7 Å². The lowest BCUT2D eigenvalue weighted by Gasteiger charge is -2.23. The number of anilines is 1. The Morgan fingerprint density at radius 1 is 1.00 bits per heavy atom. The first kappa shape index (κ1) is 48.4. The molecule has 0 saturated carbocycles. The average molecular weight is 938 g/mol. The summed E-state index contributed by atoms with van der Waals surface area (Å²) in [6, 6.07) is 6.71. The zero-order valence-corrected chi connectivity index (χ0v) is 36.0. The molecule has 0 fully saturated rings. The summed E-state index contributed by atoms with van der Waals surface area (Å²) in [7, 11) is 1.00. The molecule has 3 heterocycles. The van der Waals surface area contributed by atoms with Gasteiger partial charge in [0.05, 0.1) is 32.4 Å². The molecule has 6 rings (SSSR count). The van der Waals surface area contributed by atoms with Crippen molar-refractivity contribution in [2.75, 3.05) is 24.3 Å². The number of aromatic nitrogens is 5. The molecular weight excluding hydrogens is 900 g/mol. The van der Waals surface area contributed by atoms with Crippen molar-refractivity contribution in [1.29, 1.82) is 0 Å². The van der Waals surface area contributed by atoms with Crippen LogP contribution < -0.4 is 10.0 Å². The molecule has 3 aromatic heterocycles. The highest BCUT2D eigenvalue weighted by Crippen LogP contribution is 2.52. The van der Waals surface area contributed by atoms with E-state index in [1.54, 1.807) is 6.26 Å². The van der Waals surface area contributed by atoms with Crippen LogP contribution >= 0.6 is 35.3 Å². The van der Waals surface area contributed by atoms with Crippen LogP contribution in [0.4, 0.5) is 49.7 Å². The second-order valence-corrected chi connectivity index (χ2v) is 17.0. The minimum absolute atomic E-state index is 0.0129. The van der Waals surface area contributed by atoms with Crippen LogP contribution in [-0.2, 0) is 36.4 Å². The van der Waals surface area contributed by atoms with Gasteiger partial charge in [0.2, 0.25) is 5.91 Å². The van der Waals surface area contributed by atoms with E-state index in [2.05, 4.69) is 32.1 Å². The van der Waals surface area contributed by atoms with Gasteiger partial charge in [-0.3, -0.25) is 14.2 Å². The summed E-state index contributed by atoms with van der Waals surface area (Å²) < 4.78 is 147. The number of aliphatic hydroxyl groups excluding tert-OH is 1. The maximum atomic E-state index is 15.3. The smallest absolute Gasteiger partial charge is 0.400 e. The van der Waals surface area contributed by atoms with Crippen LogP contribution in [0.25, 0.3) is 22.0 Å². The maximum absolute atomic E-state index is 15.3. The predicted octanol–water partition coefficient (Wildman–Crippen LogP) is 10.3. The lowest BCUT2D eigenvalue weighted by molar-refractivity contribution is -0.143. The standard InChI is InChI=1S/C39H34ClF10N7OS2.CH4O/c1-19-16-37(43,44)34-29(19)33(39(48,49)50)53-56(34)17-28(58)52-27(14-20-12-21(41)15-22(42)13-20)31-24(7-6-23(51-31)10-11-36(2,3)59-4)25-8-9-26(40)30-32(25)57(18-38(45,46)47)54-35(30)55-60-5;1-2/h6-9,12-13,15,19,27H,14,16-18H2,1-5H3,(H,52,58)(H,54,55);2H,1H3/t19-,27?;/m0./s1. The number of benzene rings is 2. The monoisotopic (exact) mass is 937 g/mol. The number of carbonyl (C=O) groups is 1. The van der Waals surface area contributed by atoms with Crippen LogP contribution in [0.2, 0.25) is 5.02 Å². The molecule has 22 heteroatoms. The van der Waals surface area contributed by atoms with Gasteiger partial charge in [0.15, 0.2) is 11.5 Å². The number of nitrogens with one attached hydrogen (secondary N) is 2. The Bertz CT molecular complexity index is 2510. The number of alkyl halides is 8. The molecule has 0 spiro atoms. The summed E-state index contributed by atoms with van der Waals surface area (Å²) in [6.45, 7) is 2.12. The van der Waals surface area contributed by atoms with Crippen molar-refractivity contribution in [1.82, 2.24) is 29.9 Å². The Morgan fingerprint density at radius 2 is 1.65 bits per heavy atom. The first-order valence-electron chi connectivity index (χ1n) is 18.3. The fraction of sp³-hybridized carbons (Fsp3) is 0.400. The highest BCUT2D eigenvalue weighted by molar-refractivity contribution is 8.00. The van der Waals surface area contributed by atoms with Gasteiger partial charge in [-0.25, -0.2) is 13.8 Å². The van der Waals surface area contributed by atoms with E-state index in [4.69, 9.17) is 21.7 Å². The minimum Gasteiger partial charge on any atom is -0.400 e. The van der Waals surface area contributed by atoms with Crippen molar-refractivity contribution < 1.29 is 53.8 Å². The van der Waals surface area contributed by atoms with E-state index < -0.39 is 95.4 Å². The molecule has 62 heavy (non-hydrogen) atoms. The summed E-state index contributed by atoms with van der Waals surface area (Å²) >= 11 is 9.01. The second kappa shape index (κ2) is 18.6. The van der Waals surface area contributed by atoms with Crippen LogP contribution in [0.5, 0.6) is 0 Å². The number of hydrogen-bond acceptors (Lipinski definition) is 8. The summed E-state index contributed by atoms with van der Waals surface area (Å²) in [5.74, 6) is -2.23. The molecule has 3 N–H and O–H groups in total. The molecule has 1 aliphatic rings. The third-order valence-electron chi connectivity index (χ3n) is 9.57. The Balaban J connectivity index is 0.00000358. The van der Waals surface area contributed by atoms with Crippen LogP contribution in [0, 0.1) is 23.5 Å². The maximum Gasteiger partial charge on any atom is 0.435 e. The van der Waals surface area contributed by atoms with Crippen molar-refractivity contribution in [3.8, 4) is 23.0 Å². The number of aliphatic hydroxyl groups is 1. The van der Waals surface area contributed by atoms with Crippen molar-refractivity contribution in [3.63, 3.8) is 0 Å². The largest absolute Gasteiger partial charge is 0.435 e. The van der Waals surface area contributed by atoms with Gasteiger partial charge in [-0.05, 0) is 74.3 Å². The van der Waals surface area contributed by atoms with E-state index in [1.807, 2.05) is 20.1 Å². The summed E-state index contributed by atoms with van der Waals surface area (Å²) in [5.41, 5.74) is -3.47. The van der Waals surface area contributed by atoms with Gasteiger partial charge >= 0.3 is 12.4 Å². The van der Waals surface area contributed by atoms with Crippen molar-refractivity contribution in [2.24, 2.45) is 0 Å². The number of thioether (sulfide) groups is 1. The topological polar surface area (TPSA) is 110 Å². The lowest BCUT2D eigenvalue weighted by atomic mass is 9.93.